The molecule has 0 fully saturated rings. The molecule has 0 atom stereocenters. The van der Waals surface area contributed by atoms with E-state index in [0.717, 1.165) is 5.56 Å². The van der Waals surface area contributed by atoms with Gasteiger partial charge in [0, 0.05) is 6.20 Å². The topological polar surface area (TPSA) is 54.4 Å². The Labute approximate surface area is 116 Å². The molecule has 19 heavy (non-hydrogen) atoms. The maximum Gasteiger partial charge on any atom is 0.274 e. The highest BCUT2D eigenvalue weighted by atomic mass is 35.5. The SMILES string of the molecule is Cc1ccc(C=NNC(=O)c2cccnc2Cl)cc1. The Kier molecular flexibility index (Phi) is 4.26. The van der Waals surface area contributed by atoms with Crippen molar-refractivity contribution in [2.45, 2.75) is 6.92 Å². The van der Waals surface area contributed by atoms with E-state index in [1.807, 2.05) is 31.2 Å². The van der Waals surface area contributed by atoms with Crippen LogP contribution in [0.3, 0.4) is 0 Å². The zero-order chi connectivity index (χ0) is 13.7. The molecule has 0 radical (unpaired) electrons. The maximum absolute atomic E-state index is 11.8. The summed E-state index contributed by atoms with van der Waals surface area (Å²) in [5.74, 6) is -0.388. The van der Waals surface area contributed by atoms with E-state index < -0.39 is 0 Å². The van der Waals surface area contributed by atoms with Gasteiger partial charge in [0.2, 0.25) is 0 Å². The molecule has 0 saturated heterocycles. The number of hydrazone groups is 1. The second kappa shape index (κ2) is 6.11. The molecule has 0 aliphatic rings. The van der Waals surface area contributed by atoms with E-state index in [0.29, 0.717) is 5.56 Å². The number of hydrogen-bond donors (Lipinski definition) is 1. The Morgan fingerprint density at radius 3 is 2.74 bits per heavy atom. The third-order valence-electron chi connectivity index (χ3n) is 2.46. The monoisotopic (exact) mass is 273 g/mol. The predicted octanol–water partition coefficient (Wildman–Crippen LogP) is 2.81. The van der Waals surface area contributed by atoms with Crippen LogP contribution in [0.4, 0.5) is 0 Å². The summed E-state index contributed by atoms with van der Waals surface area (Å²) in [6.45, 7) is 2.01. The zero-order valence-corrected chi connectivity index (χ0v) is 11.1. The van der Waals surface area contributed by atoms with Crippen molar-refractivity contribution in [1.82, 2.24) is 10.4 Å². The average molecular weight is 274 g/mol. The summed E-state index contributed by atoms with van der Waals surface area (Å²) in [5, 5.41) is 4.04. The average Bonchev–Trinajstić information content (AvgIpc) is 2.41. The van der Waals surface area contributed by atoms with E-state index in [1.165, 1.54) is 11.8 Å². The highest BCUT2D eigenvalue weighted by Gasteiger charge is 2.08. The van der Waals surface area contributed by atoms with Crippen molar-refractivity contribution in [3.05, 3.63) is 64.4 Å². The van der Waals surface area contributed by atoms with Crippen LogP contribution < -0.4 is 5.43 Å². The molecule has 1 aromatic heterocycles. The lowest BCUT2D eigenvalue weighted by Crippen LogP contribution is -2.18. The Bertz CT molecular complexity index is 608. The van der Waals surface area contributed by atoms with Crippen molar-refractivity contribution in [3.8, 4) is 0 Å². The third kappa shape index (κ3) is 3.63. The van der Waals surface area contributed by atoms with Crippen LogP contribution in [0.15, 0.2) is 47.7 Å². The minimum absolute atomic E-state index is 0.158. The van der Waals surface area contributed by atoms with Crippen molar-refractivity contribution in [3.63, 3.8) is 0 Å². The fourth-order valence-electron chi connectivity index (χ4n) is 1.43. The summed E-state index contributed by atoms with van der Waals surface area (Å²) < 4.78 is 0. The van der Waals surface area contributed by atoms with Crippen LogP contribution in [-0.4, -0.2) is 17.1 Å². The first-order chi connectivity index (χ1) is 9.16. The molecule has 2 rings (SSSR count). The standard InChI is InChI=1S/C14H12ClN3O/c1-10-4-6-11(7-5-10)9-17-18-14(19)12-3-2-8-16-13(12)15/h2-9H,1H3,(H,18,19). The molecule has 0 bridgehead atoms. The lowest BCUT2D eigenvalue weighted by atomic mass is 10.2. The largest absolute Gasteiger partial charge is 0.274 e. The zero-order valence-electron chi connectivity index (χ0n) is 10.3. The molecule has 0 saturated carbocycles. The molecular formula is C14H12ClN3O. The van der Waals surface area contributed by atoms with Crippen molar-refractivity contribution in [2.24, 2.45) is 5.10 Å². The number of benzene rings is 1. The molecule has 4 nitrogen and oxygen atoms in total. The Morgan fingerprint density at radius 1 is 1.32 bits per heavy atom. The van der Waals surface area contributed by atoms with Crippen LogP contribution in [0.2, 0.25) is 5.15 Å². The van der Waals surface area contributed by atoms with E-state index >= 15 is 0 Å². The van der Waals surface area contributed by atoms with E-state index in [1.54, 1.807) is 18.3 Å². The van der Waals surface area contributed by atoms with Gasteiger partial charge in [0.25, 0.3) is 5.91 Å². The number of carbonyl (C=O) groups excluding carboxylic acids is 1. The number of aryl methyl sites for hydroxylation is 1. The van der Waals surface area contributed by atoms with Gasteiger partial charge in [-0.2, -0.15) is 5.10 Å². The molecule has 0 spiro atoms. The Balaban J connectivity index is 2.01. The normalized spacial score (nSPS) is 10.6. The second-order valence-electron chi connectivity index (χ2n) is 3.95. The molecule has 1 heterocycles. The highest BCUT2D eigenvalue weighted by molar-refractivity contribution is 6.32. The molecule has 0 aliphatic heterocycles. The molecule has 1 aromatic carbocycles. The molecule has 0 unspecified atom stereocenters. The van der Waals surface area contributed by atoms with Crippen LogP contribution in [0.1, 0.15) is 21.5 Å². The van der Waals surface area contributed by atoms with Crippen LogP contribution in [-0.2, 0) is 0 Å². The van der Waals surface area contributed by atoms with Gasteiger partial charge in [-0.1, -0.05) is 41.4 Å². The first-order valence-electron chi connectivity index (χ1n) is 5.67. The van der Waals surface area contributed by atoms with Gasteiger partial charge in [0.15, 0.2) is 0 Å². The maximum atomic E-state index is 11.8. The fraction of sp³-hybridized carbons (Fsp3) is 0.0714. The number of nitrogens with zero attached hydrogens (tertiary/aromatic N) is 2. The van der Waals surface area contributed by atoms with E-state index in [-0.39, 0.29) is 11.1 Å². The van der Waals surface area contributed by atoms with Gasteiger partial charge in [-0.3, -0.25) is 4.79 Å². The second-order valence-corrected chi connectivity index (χ2v) is 4.31. The van der Waals surface area contributed by atoms with Crippen molar-refractivity contribution < 1.29 is 4.79 Å². The number of pyridine rings is 1. The molecule has 96 valence electrons. The number of aromatic nitrogens is 1. The highest BCUT2D eigenvalue weighted by Crippen LogP contribution is 2.10. The van der Waals surface area contributed by atoms with Crippen LogP contribution in [0.5, 0.6) is 0 Å². The van der Waals surface area contributed by atoms with Crippen LogP contribution in [0, 0.1) is 6.92 Å². The predicted molar refractivity (Wildman–Crippen MR) is 75.5 cm³/mol. The molecule has 0 aliphatic carbocycles. The molecule has 1 N–H and O–H groups in total. The van der Waals surface area contributed by atoms with Crippen LogP contribution in [0.25, 0.3) is 0 Å². The minimum atomic E-state index is -0.388. The Hall–Kier alpha value is -2.20. The number of hydrogen-bond acceptors (Lipinski definition) is 3. The van der Waals surface area contributed by atoms with Crippen molar-refractivity contribution >= 4 is 23.7 Å². The molecular weight excluding hydrogens is 262 g/mol. The lowest BCUT2D eigenvalue weighted by molar-refractivity contribution is 0.0955. The van der Waals surface area contributed by atoms with Gasteiger partial charge in [-0.05, 0) is 24.6 Å². The van der Waals surface area contributed by atoms with Gasteiger partial charge in [0.05, 0.1) is 11.8 Å². The Morgan fingerprint density at radius 2 is 2.05 bits per heavy atom. The van der Waals surface area contributed by atoms with Crippen molar-refractivity contribution in [1.29, 1.82) is 0 Å². The third-order valence-corrected chi connectivity index (χ3v) is 2.76. The smallest absolute Gasteiger partial charge is 0.267 e. The number of amides is 1. The van der Waals surface area contributed by atoms with Gasteiger partial charge in [0.1, 0.15) is 5.15 Å². The summed E-state index contributed by atoms with van der Waals surface area (Å²) in [4.78, 5) is 15.6. The van der Waals surface area contributed by atoms with Gasteiger partial charge in [-0.15, -0.1) is 0 Å². The van der Waals surface area contributed by atoms with Crippen LogP contribution >= 0.6 is 11.6 Å². The summed E-state index contributed by atoms with van der Waals surface area (Å²) in [7, 11) is 0. The number of rotatable bonds is 3. The molecule has 2 aromatic rings. The number of halogens is 1. The molecule has 5 heteroatoms. The fourth-order valence-corrected chi connectivity index (χ4v) is 1.64. The number of carbonyl (C=O) groups is 1. The summed E-state index contributed by atoms with van der Waals surface area (Å²) in [6, 6.07) is 11.0. The van der Waals surface area contributed by atoms with Crippen molar-refractivity contribution in [2.75, 3.05) is 0 Å². The lowest BCUT2D eigenvalue weighted by Gasteiger charge is -2.00. The minimum Gasteiger partial charge on any atom is -0.267 e. The quantitative estimate of drug-likeness (QED) is 0.531. The van der Waals surface area contributed by atoms with E-state index in [4.69, 9.17) is 11.6 Å². The first kappa shape index (κ1) is 13.2. The van der Waals surface area contributed by atoms with Gasteiger partial charge < -0.3 is 0 Å². The van der Waals surface area contributed by atoms with E-state index in [2.05, 4.69) is 15.5 Å². The van der Waals surface area contributed by atoms with E-state index in [9.17, 15) is 4.79 Å². The number of nitrogens with one attached hydrogen (secondary N) is 1. The summed E-state index contributed by atoms with van der Waals surface area (Å²) >= 11 is 5.81. The van der Waals surface area contributed by atoms with Gasteiger partial charge >= 0.3 is 0 Å². The summed E-state index contributed by atoms with van der Waals surface area (Å²) in [5.41, 5.74) is 4.78. The molecule has 1 amide bonds. The summed E-state index contributed by atoms with van der Waals surface area (Å²) in [6.07, 6.45) is 3.09. The first-order valence-corrected chi connectivity index (χ1v) is 6.05. The van der Waals surface area contributed by atoms with Gasteiger partial charge in [-0.25, -0.2) is 10.4 Å².